The molecule has 1 fully saturated rings. The average molecular weight is 338 g/mol. The number of ether oxygens (including phenoxy) is 2. The van der Waals surface area contributed by atoms with Crippen LogP contribution >= 0.6 is 0 Å². The number of imide groups is 1. The number of fused-ring (bicyclic) bond motifs is 1. The average Bonchev–Trinajstić information content (AvgIpc) is 2.80. The Hall–Kier alpha value is -2.22. The van der Waals surface area contributed by atoms with Crippen molar-refractivity contribution in [3.8, 4) is 0 Å². The third kappa shape index (κ3) is 4.00. The second kappa shape index (κ2) is 8.05. The van der Waals surface area contributed by atoms with Crippen LogP contribution in [0.4, 0.5) is 0 Å². The summed E-state index contributed by atoms with van der Waals surface area (Å²) < 4.78 is 9.80. The summed E-state index contributed by atoms with van der Waals surface area (Å²) in [5, 5.41) is 2.54. The number of hydrogen-bond donors (Lipinski definition) is 1. The van der Waals surface area contributed by atoms with Crippen LogP contribution in [0.15, 0.2) is 12.2 Å². The molecule has 0 unspecified atom stereocenters. The number of rotatable bonds is 7. The Morgan fingerprint density at radius 2 is 1.83 bits per heavy atom. The molecular formula is C16H22N2O6. The van der Waals surface area contributed by atoms with Crippen molar-refractivity contribution in [2.24, 2.45) is 11.8 Å². The lowest BCUT2D eigenvalue weighted by atomic mass is 9.85. The molecule has 2 rings (SSSR count). The van der Waals surface area contributed by atoms with Gasteiger partial charge in [0, 0.05) is 13.7 Å². The summed E-state index contributed by atoms with van der Waals surface area (Å²) in [6.45, 7) is 1.62. The number of nitrogens with one attached hydrogen (secondary N) is 1. The highest BCUT2D eigenvalue weighted by Gasteiger charge is 2.47. The molecule has 0 saturated carbocycles. The monoisotopic (exact) mass is 338 g/mol. The molecule has 8 nitrogen and oxygen atoms in total. The Morgan fingerprint density at radius 3 is 2.38 bits per heavy atom. The first kappa shape index (κ1) is 18.1. The SMILES string of the molecule is COCCNC(=O)[C@@H](C)OC(=O)CN1C(=O)[C@H]2CC=CC[C@H]2C1=O. The Morgan fingerprint density at radius 1 is 1.25 bits per heavy atom. The Bertz CT molecular complexity index is 533. The van der Waals surface area contributed by atoms with E-state index in [1.54, 1.807) is 0 Å². The molecule has 1 heterocycles. The van der Waals surface area contributed by atoms with Gasteiger partial charge in [0.05, 0.1) is 18.4 Å². The fourth-order valence-corrected chi connectivity index (χ4v) is 2.86. The third-order valence-corrected chi connectivity index (χ3v) is 4.17. The normalized spacial score (nSPS) is 23.8. The van der Waals surface area contributed by atoms with E-state index in [-0.39, 0.29) is 23.7 Å². The van der Waals surface area contributed by atoms with E-state index in [9.17, 15) is 19.2 Å². The van der Waals surface area contributed by atoms with Gasteiger partial charge in [-0.1, -0.05) is 12.2 Å². The highest BCUT2D eigenvalue weighted by Crippen LogP contribution is 2.34. The molecule has 24 heavy (non-hydrogen) atoms. The van der Waals surface area contributed by atoms with Crippen LogP contribution in [-0.2, 0) is 28.7 Å². The third-order valence-electron chi connectivity index (χ3n) is 4.17. The highest BCUT2D eigenvalue weighted by atomic mass is 16.5. The first-order chi connectivity index (χ1) is 11.5. The number of hydrogen-bond acceptors (Lipinski definition) is 6. The fourth-order valence-electron chi connectivity index (χ4n) is 2.86. The summed E-state index contributed by atoms with van der Waals surface area (Å²) in [5.74, 6) is -2.70. The van der Waals surface area contributed by atoms with Gasteiger partial charge < -0.3 is 14.8 Å². The topological polar surface area (TPSA) is 102 Å². The van der Waals surface area contributed by atoms with Gasteiger partial charge in [0.25, 0.3) is 5.91 Å². The first-order valence-electron chi connectivity index (χ1n) is 7.92. The van der Waals surface area contributed by atoms with Crippen molar-refractivity contribution in [1.29, 1.82) is 0 Å². The Labute approximate surface area is 140 Å². The van der Waals surface area contributed by atoms with Gasteiger partial charge in [0.1, 0.15) is 6.54 Å². The minimum Gasteiger partial charge on any atom is -0.451 e. The molecule has 0 aromatic rings. The van der Waals surface area contributed by atoms with E-state index >= 15 is 0 Å². The van der Waals surface area contributed by atoms with Crippen LogP contribution in [0, 0.1) is 11.8 Å². The molecule has 0 spiro atoms. The van der Waals surface area contributed by atoms with Crippen molar-refractivity contribution in [2.75, 3.05) is 26.8 Å². The number of esters is 1. The lowest BCUT2D eigenvalue weighted by Gasteiger charge is -2.17. The Balaban J connectivity index is 1.85. The zero-order valence-electron chi connectivity index (χ0n) is 13.8. The standard InChI is InChI=1S/C16H22N2O6/c1-10(14(20)17-7-8-23-2)24-13(19)9-18-15(21)11-5-3-4-6-12(11)16(18)22/h3-4,10-12H,5-9H2,1-2H3,(H,17,20)/t10-,11-,12+/m1/s1. The second-order valence-corrected chi connectivity index (χ2v) is 5.83. The van der Waals surface area contributed by atoms with Crippen LogP contribution in [0.2, 0.25) is 0 Å². The summed E-state index contributed by atoms with van der Waals surface area (Å²) in [5.41, 5.74) is 0. The van der Waals surface area contributed by atoms with Crippen molar-refractivity contribution in [2.45, 2.75) is 25.9 Å². The summed E-state index contributed by atoms with van der Waals surface area (Å²) in [7, 11) is 1.51. The molecule has 0 aromatic carbocycles. The van der Waals surface area contributed by atoms with Crippen molar-refractivity contribution in [3.63, 3.8) is 0 Å². The molecule has 1 aliphatic carbocycles. The van der Waals surface area contributed by atoms with Gasteiger partial charge >= 0.3 is 5.97 Å². The smallest absolute Gasteiger partial charge is 0.326 e. The number of amides is 3. The van der Waals surface area contributed by atoms with Crippen LogP contribution in [0.25, 0.3) is 0 Å². The molecule has 1 aliphatic heterocycles. The van der Waals surface area contributed by atoms with Gasteiger partial charge in [-0.2, -0.15) is 0 Å². The predicted molar refractivity (Wildman–Crippen MR) is 82.5 cm³/mol. The number of carbonyl (C=O) groups is 4. The quantitative estimate of drug-likeness (QED) is 0.294. The van der Waals surface area contributed by atoms with Gasteiger partial charge in [-0.05, 0) is 19.8 Å². The molecule has 132 valence electrons. The second-order valence-electron chi connectivity index (χ2n) is 5.83. The maximum absolute atomic E-state index is 12.2. The van der Waals surface area contributed by atoms with Gasteiger partial charge in [-0.25, -0.2) is 0 Å². The molecule has 3 amide bonds. The summed E-state index contributed by atoms with van der Waals surface area (Å²) in [6, 6.07) is 0. The van der Waals surface area contributed by atoms with Crippen LogP contribution in [-0.4, -0.2) is 61.5 Å². The molecular weight excluding hydrogens is 316 g/mol. The molecule has 2 aliphatic rings. The zero-order valence-corrected chi connectivity index (χ0v) is 13.8. The molecule has 0 bridgehead atoms. The molecule has 0 aromatic heterocycles. The molecule has 1 saturated heterocycles. The maximum Gasteiger partial charge on any atom is 0.326 e. The minimum absolute atomic E-state index is 0.302. The van der Waals surface area contributed by atoms with E-state index < -0.39 is 24.5 Å². The number of allylic oxidation sites excluding steroid dienone is 2. The van der Waals surface area contributed by atoms with Gasteiger partial charge in [-0.3, -0.25) is 24.1 Å². The van der Waals surface area contributed by atoms with Gasteiger partial charge in [0.15, 0.2) is 6.10 Å². The summed E-state index contributed by atoms with van der Waals surface area (Å²) in [4.78, 5) is 49.1. The first-order valence-corrected chi connectivity index (χ1v) is 7.92. The van der Waals surface area contributed by atoms with Crippen molar-refractivity contribution in [1.82, 2.24) is 10.2 Å². The molecule has 3 atom stereocenters. The number of nitrogens with zero attached hydrogens (tertiary/aromatic N) is 1. The summed E-state index contributed by atoms with van der Waals surface area (Å²) in [6.07, 6.45) is 3.77. The number of carbonyl (C=O) groups excluding carboxylic acids is 4. The van der Waals surface area contributed by atoms with Gasteiger partial charge in [-0.15, -0.1) is 0 Å². The van der Waals surface area contributed by atoms with Crippen molar-refractivity contribution < 1.29 is 28.7 Å². The van der Waals surface area contributed by atoms with Crippen LogP contribution in [0.5, 0.6) is 0 Å². The largest absolute Gasteiger partial charge is 0.451 e. The van der Waals surface area contributed by atoms with E-state index in [0.717, 1.165) is 4.90 Å². The van der Waals surface area contributed by atoms with E-state index in [4.69, 9.17) is 9.47 Å². The predicted octanol–water partition coefficient (Wildman–Crippen LogP) is -0.368. The zero-order chi connectivity index (χ0) is 17.7. The highest BCUT2D eigenvalue weighted by molar-refractivity contribution is 6.07. The molecule has 1 N–H and O–H groups in total. The van der Waals surface area contributed by atoms with Crippen LogP contribution < -0.4 is 5.32 Å². The van der Waals surface area contributed by atoms with E-state index in [1.807, 2.05) is 12.2 Å². The van der Waals surface area contributed by atoms with Crippen LogP contribution in [0.1, 0.15) is 19.8 Å². The number of methoxy groups -OCH3 is 1. The van der Waals surface area contributed by atoms with Crippen molar-refractivity contribution >= 4 is 23.7 Å². The van der Waals surface area contributed by atoms with Gasteiger partial charge in [0.2, 0.25) is 11.8 Å². The van der Waals surface area contributed by atoms with E-state index in [0.29, 0.717) is 26.0 Å². The minimum atomic E-state index is -1.01. The molecule has 0 radical (unpaired) electrons. The summed E-state index contributed by atoms with van der Waals surface area (Å²) >= 11 is 0. The Kier molecular flexibility index (Phi) is 6.08. The lowest BCUT2D eigenvalue weighted by molar-refractivity contribution is -0.159. The lowest BCUT2D eigenvalue weighted by Crippen LogP contribution is -2.41. The maximum atomic E-state index is 12.2. The molecule has 8 heteroatoms. The van der Waals surface area contributed by atoms with E-state index in [1.165, 1.54) is 14.0 Å². The fraction of sp³-hybridized carbons (Fsp3) is 0.625. The van der Waals surface area contributed by atoms with E-state index in [2.05, 4.69) is 5.32 Å². The number of likely N-dealkylation sites (tertiary alicyclic amines) is 1. The van der Waals surface area contributed by atoms with Crippen molar-refractivity contribution in [3.05, 3.63) is 12.2 Å². The van der Waals surface area contributed by atoms with Crippen LogP contribution in [0.3, 0.4) is 0 Å².